The van der Waals surface area contributed by atoms with Gasteiger partial charge in [0, 0.05) is 16.0 Å². The monoisotopic (exact) mass is 362 g/mol. The topological polar surface area (TPSA) is 62.4 Å². The average Bonchev–Trinajstić information content (AvgIpc) is 3.06. The van der Waals surface area contributed by atoms with E-state index in [0.29, 0.717) is 18.0 Å². The molecule has 0 atom stereocenters. The molecule has 106 valence electrons. The van der Waals surface area contributed by atoms with Crippen molar-refractivity contribution in [3.63, 3.8) is 0 Å². The van der Waals surface area contributed by atoms with E-state index in [-0.39, 0.29) is 0 Å². The van der Waals surface area contributed by atoms with E-state index in [1.54, 1.807) is 24.5 Å². The third-order valence-corrected chi connectivity index (χ3v) is 4.32. The number of hydrogen-bond donors (Lipinski definition) is 1. The van der Waals surface area contributed by atoms with Gasteiger partial charge in [0.25, 0.3) is 0 Å². The Hall–Kier alpha value is -2.04. The van der Waals surface area contributed by atoms with Crippen LogP contribution in [0.3, 0.4) is 0 Å². The third kappa shape index (κ3) is 2.60. The third-order valence-electron chi connectivity index (χ3n) is 3.07. The fourth-order valence-corrected chi connectivity index (χ4v) is 3.16. The maximum Gasteiger partial charge on any atom is 0.238 e. The van der Waals surface area contributed by atoms with Crippen LogP contribution in [0.25, 0.3) is 4.96 Å². The van der Waals surface area contributed by atoms with Crippen molar-refractivity contribution < 1.29 is 4.74 Å². The molecule has 0 aliphatic carbocycles. The van der Waals surface area contributed by atoms with Gasteiger partial charge in [0.1, 0.15) is 11.8 Å². The van der Waals surface area contributed by atoms with Gasteiger partial charge in [-0.1, -0.05) is 15.9 Å². The number of hydrogen-bond acceptors (Lipinski definition) is 5. The summed E-state index contributed by atoms with van der Waals surface area (Å²) in [6, 6.07) is 7.69. The number of aromatic nitrogens is 2. The van der Waals surface area contributed by atoms with E-state index >= 15 is 0 Å². The molecule has 0 aliphatic heterocycles. The minimum absolute atomic E-state index is 0.520. The van der Waals surface area contributed by atoms with E-state index in [0.717, 1.165) is 20.8 Å². The van der Waals surface area contributed by atoms with Crippen LogP contribution < -0.4 is 10.1 Å². The van der Waals surface area contributed by atoms with Crippen molar-refractivity contribution in [3.8, 4) is 11.9 Å². The van der Waals surface area contributed by atoms with Crippen LogP contribution in [0, 0.1) is 11.3 Å². The molecule has 0 spiro atoms. The summed E-state index contributed by atoms with van der Waals surface area (Å²) in [4.78, 5) is 5.30. The Labute approximate surface area is 133 Å². The molecular formula is C14H11BrN4OS. The molecule has 0 fully saturated rings. The SMILES string of the molecule is COc1nc2sccn2c1CNc1cc(Br)ccc1C#N. The maximum absolute atomic E-state index is 9.16. The van der Waals surface area contributed by atoms with Gasteiger partial charge in [0.05, 0.1) is 24.9 Å². The van der Waals surface area contributed by atoms with Crippen LogP contribution in [-0.4, -0.2) is 16.5 Å². The molecule has 1 N–H and O–H groups in total. The van der Waals surface area contributed by atoms with Gasteiger partial charge >= 0.3 is 0 Å². The Morgan fingerprint density at radius 3 is 3.14 bits per heavy atom. The first-order valence-electron chi connectivity index (χ1n) is 6.15. The van der Waals surface area contributed by atoms with Crippen LogP contribution in [-0.2, 0) is 6.54 Å². The summed E-state index contributed by atoms with van der Waals surface area (Å²) in [5, 5.41) is 14.4. The highest BCUT2D eigenvalue weighted by Gasteiger charge is 2.14. The van der Waals surface area contributed by atoms with Crippen LogP contribution >= 0.6 is 27.3 Å². The van der Waals surface area contributed by atoms with Crippen molar-refractivity contribution >= 4 is 37.9 Å². The number of nitrogens with one attached hydrogen (secondary N) is 1. The molecule has 0 bridgehead atoms. The van der Waals surface area contributed by atoms with Crippen LogP contribution in [0.5, 0.6) is 5.88 Å². The lowest BCUT2D eigenvalue weighted by Crippen LogP contribution is -2.05. The van der Waals surface area contributed by atoms with E-state index in [1.807, 2.05) is 28.1 Å². The Morgan fingerprint density at radius 2 is 2.38 bits per heavy atom. The van der Waals surface area contributed by atoms with Crippen LogP contribution in [0.1, 0.15) is 11.3 Å². The van der Waals surface area contributed by atoms with Gasteiger partial charge in [0.2, 0.25) is 5.88 Å². The number of methoxy groups -OCH3 is 1. The fraction of sp³-hybridized carbons (Fsp3) is 0.143. The number of anilines is 1. The number of nitriles is 1. The zero-order valence-electron chi connectivity index (χ0n) is 11.1. The summed E-state index contributed by atoms with van der Waals surface area (Å²) in [5.74, 6) is 0.600. The number of fused-ring (bicyclic) bond motifs is 1. The molecule has 0 amide bonds. The summed E-state index contributed by atoms with van der Waals surface area (Å²) in [6.45, 7) is 0.520. The lowest BCUT2D eigenvalue weighted by atomic mass is 10.2. The second-order valence-electron chi connectivity index (χ2n) is 4.28. The van der Waals surface area contributed by atoms with Crippen LogP contribution in [0.15, 0.2) is 34.2 Å². The Morgan fingerprint density at radius 1 is 1.52 bits per heavy atom. The predicted molar refractivity (Wildman–Crippen MR) is 85.8 cm³/mol. The van der Waals surface area contributed by atoms with Gasteiger partial charge in [-0.3, -0.25) is 4.40 Å². The van der Waals surface area contributed by atoms with Crippen LogP contribution in [0.2, 0.25) is 0 Å². The highest BCUT2D eigenvalue weighted by molar-refractivity contribution is 9.10. The summed E-state index contributed by atoms with van der Waals surface area (Å²) in [6.07, 6.45) is 1.96. The maximum atomic E-state index is 9.16. The molecule has 1 aromatic carbocycles. The molecule has 7 heteroatoms. The second-order valence-corrected chi connectivity index (χ2v) is 6.07. The van der Waals surface area contributed by atoms with Gasteiger partial charge < -0.3 is 10.1 Å². The number of halogens is 1. The smallest absolute Gasteiger partial charge is 0.238 e. The Bertz CT molecular complexity index is 833. The van der Waals surface area contributed by atoms with Crippen molar-refractivity contribution in [2.24, 2.45) is 0 Å². The molecular weight excluding hydrogens is 352 g/mol. The van der Waals surface area contributed by atoms with Gasteiger partial charge in [0.15, 0.2) is 4.96 Å². The molecule has 0 unspecified atom stereocenters. The molecule has 0 radical (unpaired) electrons. The van der Waals surface area contributed by atoms with Gasteiger partial charge in [-0.2, -0.15) is 10.2 Å². The van der Waals surface area contributed by atoms with Crippen molar-refractivity contribution in [1.29, 1.82) is 5.26 Å². The summed E-state index contributed by atoms with van der Waals surface area (Å²) in [7, 11) is 1.61. The summed E-state index contributed by atoms with van der Waals surface area (Å²) < 4.78 is 8.23. The summed E-state index contributed by atoms with van der Waals surface area (Å²) in [5.41, 5.74) is 2.31. The molecule has 21 heavy (non-hydrogen) atoms. The van der Waals surface area contributed by atoms with Gasteiger partial charge in [-0.05, 0) is 18.2 Å². The number of rotatable bonds is 4. The highest BCUT2D eigenvalue weighted by atomic mass is 79.9. The minimum Gasteiger partial charge on any atom is -0.480 e. The van der Waals surface area contributed by atoms with Gasteiger partial charge in [-0.15, -0.1) is 11.3 Å². The second kappa shape index (κ2) is 5.76. The lowest BCUT2D eigenvalue weighted by molar-refractivity contribution is 0.395. The Balaban J connectivity index is 1.92. The van der Waals surface area contributed by atoms with E-state index in [4.69, 9.17) is 10.00 Å². The number of thiazole rings is 1. The van der Waals surface area contributed by atoms with Crippen molar-refractivity contribution in [1.82, 2.24) is 9.38 Å². The van der Waals surface area contributed by atoms with E-state index in [2.05, 4.69) is 32.3 Å². The van der Waals surface area contributed by atoms with Crippen molar-refractivity contribution in [2.75, 3.05) is 12.4 Å². The summed E-state index contributed by atoms with van der Waals surface area (Å²) >= 11 is 4.97. The van der Waals surface area contributed by atoms with E-state index < -0.39 is 0 Å². The van der Waals surface area contributed by atoms with Crippen LogP contribution in [0.4, 0.5) is 5.69 Å². The van der Waals surface area contributed by atoms with Gasteiger partial charge in [-0.25, -0.2) is 0 Å². The zero-order valence-corrected chi connectivity index (χ0v) is 13.5. The first kappa shape index (κ1) is 13.9. The molecule has 2 aromatic heterocycles. The number of benzene rings is 1. The average molecular weight is 363 g/mol. The zero-order chi connectivity index (χ0) is 14.8. The predicted octanol–water partition coefficient (Wildman–Crippen LogP) is 3.65. The first-order valence-corrected chi connectivity index (χ1v) is 7.82. The molecule has 3 rings (SSSR count). The van der Waals surface area contributed by atoms with Crippen molar-refractivity contribution in [3.05, 3.63) is 45.5 Å². The first-order chi connectivity index (χ1) is 10.2. The number of nitrogens with zero attached hydrogens (tertiary/aromatic N) is 3. The highest BCUT2D eigenvalue weighted by Crippen LogP contribution is 2.26. The molecule has 0 aliphatic rings. The molecule has 3 aromatic rings. The van der Waals surface area contributed by atoms with E-state index in [9.17, 15) is 0 Å². The minimum atomic E-state index is 0.520. The molecule has 0 saturated heterocycles. The molecule has 0 saturated carbocycles. The van der Waals surface area contributed by atoms with Crippen molar-refractivity contribution in [2.45, 2.75) is 6.54 Å². The largest absolute Gasteiger partial charge is 0.480 e. The number of ether oxygens (including phenoxy) is 1. The molecule has 2 heterocycles. The standard InChI is InChI=1S/C14H11BrN4OS/c1-20-13-12(19-4-5-21-14(19)18-13)8-17-11-6-10(15)3-2-9(11)7-16/h2-6,17H,8H2,1H3. The number of imidazole rings is 1. The molecule has 5 nitrogen and oxygen atoms in total. The lowest BCUT2D eigenvalue weighted by Gasteiger charge is -2.09. The quantitative estimate of drug-likeness (QED) is 0.769. The fourth-order valence-electron chi connectivity index (χ4n) is 2.08. The normalized spacial score (nSPS) is 10.5. The van der Waals surface area contributed by atoms with E-state index in [1.165, 1.54) is 0 Å². The Kier molecular flexibility index (Phi) is 3.82.